The standard InChI is InChI=1S/C14H10BrF3N2S/c15-12-7-6-10(21-12)13-19-11(14(16,17)18)8-20(13)9-4-2-1-3-5-9/h2,4-8H,1,3H2. The minimum Gasteiger partial charge on any atom is -0.299 e. The summed E-state index contributed by atoms with van der Waals surface area (Å²) in [5.41, 5.74) is -0.148. The topological polar surface area (TPSA) is 17.8 Å². The normalized spacial score (nSPS) is 15.3. The molecule has 1 aliphatic carbocycles. The van der Waals surface area contributed by atoms with Crippen molar-refractivity contribution in [1.82, 2.24) is 9.55 Å². The Morgan fingerprint density at radius 1 is 1.24 bits per heavy atom. The predicted molar refractivity (Wildman–Crippen MR) is 80.9 cm³/mol. The second-order valence-electron chi connectivity index (χ2n) is 4.53. The summed E-state index contributed by atoms with van der Waals surface area (Å²) < 4.78 is 41.2. The van der Waals surface area contributed by atoms with Crippen LogP contribution < -0.4 is 0 Å². The first-order chi connectivity index (χ1) is 9.95. The van der Waals surface area contributed by atoms with E-state index in [2.05, 4.69) is 20.9 Å². The molecule has 0 atom stereocenters. The third-order valence-electron chi connectivity index (χ3n) is 3.04. The molecule has 0 saturated heterocycles. The van der Waals surface area contributed by atoms with Crippen LogP contribution in [0.4, 0.5) is 13.2 Å². The van der Waals surface area contributed by atoms with Crippen LogP contribution in [-0.4, -0.2) is 9.55 Å². The van der Waals surface area contributed by atoms with E-state index < -0.39 is 11.9 Å². The van der Waals surface area contributed by atoms with Gasteiger partial charge in [0.2, 0.25) is 0 Å². The molecule has 0 fully saturated rings. The number of hydrogen-bond acceptors (Lipinski definition) is 2. The average Bonchev–Trinajstić information content (AvgIpc) is 3.05. The van der Waals surface area contributed by atoms with Crippen molar-refractivity contribution in [2.45, 2.75) is 19.0 Å². The molecule has 2 nitrogen and oxygen atoms in total. The molecule has 2 heterocycles. The summed E-state index contributed by atoms with van der Waals surface area (Å²) in [5, 5.41) is 0. The number of allylic oxidation sites excluding steroid dienone is 4. The monoisotopic (exact) mass is 374 g/mol. The van der Waals surface area contributed by atoms with Crippen molar-refractivity contribution in [3.05, 3.63) is 46.0 Å². The van der Waals surface area contributed by atoms with E-state index in [1.165, 1.54) is 15.9 Å². The molecular formula is C14H10BrF3N2S. The van der Waals surface area contributed by atoms with Gasteiger partial charge in [0.1, 0.15) is 0 Å². The van der Waals surface area contributed by atoms with Gasteiger partial charge >= 0.3 is 6.18 Å². The van der Waals surface area contributed by atoms with E-state index in [1.54, 1.807) is 12.1 Å². The molecule has 7 heteroatoms. The van der Waals surface area contributed by atoms with Gasteiger partial charge in [-0.3, -0.25) is 4.57 Å². The fourth-order valence-electron chi connectivity index (χ4n) is 2.10. The molecule has 0 N–H and O–H groups in total. The zero-order chi connectivity index (χ0) is 15.0. The van der Waals surface area contributed by atoms with E-state index >= 15 is 0 Å². The Balaban J connectivity index is 2.14. The highest BCUT2D eigenvalue weighted by Gasteiger charge is 2.35. The zero-order valence-electron chi connectivity index (χ0n) is 10.7. The number of imidazole rings is 1. The summed E-state index contributed by atoms with van der Waals surface area (Å²) in [5.74, 6) is 0.316. The van der Waals surface area contributed by atoms with Crippen molar-refractivity contribution >= 4 is 33.0 Å². The molecule has 0 radical (unpaired) electrons. The molecule has 1 aliphatic rings. The Labute approximate surface area is 131 Å². The molecule has 3 rings (SSSR count). The summed E-state index contributed by atoms with van der Waals surface area (Å²) in [6.45, 7) is 0. The number of nitrogens with zero attached hydrogens (tertiary/aromatic N) is 2. The molecule has 0 spiro atoms. The maximum atomic E-state index is 13.0. The van der Waals surface area contributed by atoms with Crippen LogP contribution in [0.2, 0.25) is 0 Å². The van der Waals surface area contributed by atoms with Crippen LogP contribution >= 0.6 is 27.3 Å². The van der Waals surface area contributed by atoms with Crippen LogP contribution in [0, 0.1) is 0 Å². The number of halogens is 4. The molecule has 110 valence electrons. The molecule has 2 aromatic heterocycles. The molecule has 0 amide bonds. The lowest BCUT2D eigenvalue weighted by Crippen LogP contribution is -2.05. The third kappa shape index (κ3) is 2.98. The second kappa shape index (κ2) is 5.46. The maximum Gasteiger partial charge on any atom is 0.434 e. The van der Waals surface area contributed by atoms with Gasteiger partial charge in [-0.25, -0.2) is 4.98 Å². The highest BCUT2D eigenvalue weighted by atomic mass is 79.9. The van der Waals surface area contributed by atoms with Crippen molar-refractivity contribution < 1.29 is 13.2 Å². The highest BCUT2D eigenvalue weighted by Crippen LogP contribution is 2.36. The van der Waals surface area contributed by atoms with E-state index in [4.69, 9.17) is 0 Å². The predicted octanol–water partition coefficient (Wildman–Crippen LogP) is 5.58. The first kappa shape index (κ1) is 14.6. The number of thiophene rings is 1. The quantitative estimate of drug-likeness (QED) is 0.670. The zero-order valence-corrected chi connectivity index (χ0v) is 13.1. The molecule has 2 aromatic rings. The number of hydrogen-bond donors (Lipinski definition) is 0. The Morgan fingerprint density at radius 2 is 2.05 bits per heavy atom. The largest absolute Gasteiger partial charge is 0.434 e. The Hall–Kier alpha value is -1.34. The van der Waals surface area contributed by atoms with Crippen LogP contribution in [0.5, 0.6) is 0 Å². The molecule has 21 heavy (non-hydrogen) atoms. The summed E-state index contributed by atoms with van der Waals surface area (Å²) in [6.07, 6.45) is 4.04. The third-order valence-corrected chi connectivity index (χ3v) is 4.66. The first-order valence-electron chi connectivity index (χ1n) is 6.24. The van der Waals surface area contributed by atoms with Crippen LogP contribution in [0.3, 0.4) is 0 Å². The van der Waals surface area contributed by atoms with Crippen molar-refractivity contribution in [2.75, 3.05) is 0 Å². The lowest BCUT2D eigenvalue weighted by Gasteiger charge is -2.10. The smallest absolute Gasteiger partial charge is 0.299 e. The van der Waals surface area contributed by atoms with Crippen molar-refractivity contribution in [2.24, 2.45) is 0 Å². The Kier molecular flexibility index (Phi) is 3.79. The van der Waals surface area contributed by atoms with Crippen molar-refractivity contribution in [3.8, 4) is 10.7 Å². The minimum atomic E-state index is -4.45. The molecule has 0 saturated carbocycles. The second-order valence-corrected chi connectivity index (χ2v) is 6.99. The fourth-order valence-corrected chi connectivity index (χ4v) is 3.47. The van der Waals surface area contributed by atoms with Crippen LogP contribution in [-0.2, 0) is 6.18 Å². The first-order valence-corrected chi connectivity index (χ1v) is 7.85. The fraction of sp³-hybridized carbons (Fsp3) is 0.214. The SMILES string of the molecule is FC(F)(F)c1cn(C2=CCCC=C2)c(-c2ccc(Br)s2)n1. The van der Waals surface area contributed by atoms with Gasteiger partial charge in [-0.05, 0) is 47.0 Å². The van der Waals surface area contributed by atoms with E-state index in [9.17, 15) is 13.2 Å². The van der Waals surface area contributed by atoms with Gasteiger partial charge in [0.05, 0.1) is 8.66 Å². The molecule has 0 aliphatic heterocycles. The lowest BCUT2D eigenvalue weighted by molar-refractivity contribution is -0.140. The van der Waals surface area contributed by atoms with Gasteiger partial charge < -0.3 is 0 Å². The maximum absolute atomic E-state index is 13.0. The van der Waals surface area contributed by atoms with E-state index in [0.29, 0.717) is 10.7 Å². The van der Waals surface area contributed by atoms with Crippen molar-refractivity contribution in [3.63, 3.8) is 0 Å². The van der Waals surface area contributed by atoms with Crippen LogP contribution in [0.25, 0.3) is 16.4 Å². The number of aromatic nitrogens is 2. The van der Waals surface area contributed by atoms with Crippen LogP contribution in [0.15, 0.2) is 40.3 Å². The summed E-state index contributed by atoms with van der Waals surface area (Å²) in [7, 11) is 0. The van der Waals surface area contributed by atoms with Gasteiger partial charge in [0, 0.05) is 11.9 Å². The van der Waals surface area contributed by atoms with E-state index in [0.717, 1.165) is 28.5 Å². The molecule has 0 unspecified atom stereocenters. The Morgan fingerprint density at radius 3 is 2.62 bits per heavy atom. The van der Waals surface area contributed by atoms with Gasteiger partial charge in [0.15, 0.2) is 11.5 Å². The number of alkyl halides is 3. The highest BCUT2D eigenvalue weighted by molar-refractivity contribution is 9.11. The van der Waals surface area contributed by atoms with Gasteiger partial charge in [-0.1, -0.05) is 12.2 Å². The van der Waals surface area contributed by atoms with E-state index in [1.807, 2.05) is 18.2 Å². The summed E-state index contributed by atoms with van der Waals surface area (Å²) in [6, 6.07) is 3.57. The van der Waals surface area contributed by atoms with Crippen LogP contribution in [0.1, 0.15) is 18.5 Å². The summed E-state index contributed by atoms with van der Waals surface area (Å²) in [4.78, 5) is 4.48. The van der Waals surface area contributed by atoms with Gasteiger partial charge in [-0.2, -0.15) is 13.2 Å². The van der Waals surface area contributed by atoms with Crippen molar-refractivity contribution in [1.29, 1.82) is 0 Å². The summed E-state index contributed by atoms with van der Waals surface area (Å²) >= 11 is 4.68. The van der Waals surface area contributed by atoms with E-state index in [-0.39, 0.29) is 0 Å². The average molecular weight is 375 g/mol. The van der Waals surface area contributed by atoms with Gasteiger partial charge in [0.25, 0.3) is 0 Å². The number of rotatable bonds is 2. The molecule has 0 bridgehead atoms. The minimum absolute atomic E-state index is 0.316. The Bertz CT molecular complexity index is 725. The molecule has 0 aromatic carbocycles. The van der Waals surface area contributed by atoms with Gasteiger partial charge in [-0.15, -0.1) is 11.3 Å². The lowest BCUT2D eigenvalue weighted by atomic mass is 10.1. The molecular weight excluding hydrogens is 365 g/mol.